The number of hydrogen-bond donors (Lipinski definition) is 3. The van der Waals surface area contributed by atoms with E-state index in [2.05, 4.69) is 5.32 Å². The summed E-state index contributed by atoms with van der Waals surface area (Å²) in [4.78, 5) is 33.4. The fourth-order valence-electron chi connectivity index (χ4n) is 2.58. The van der Waals surface area contributed by atoms with Gasteiger partial charge in [0.25, 0.3) is 11.6 Å². The lowest BCUT2D eigenvalue weighted by molar-refractivity contribution is -0.383. The van der Waals surface area contributed by atoms with Crippen LogP contribution in [0.3, 0.4) is 0 Å². The van der Waals surface area contributed by atoms with Gasteiger partial charge in [0.2, 0.25) is 0 Å². The normalized spacial score (nSPS) is 21.0. The van der Waals surface area contributed by atoms with Crippen LogP contribution in [0.15, 0.2) is 18.2 Å². The molecule has 1 fully saturated rings. The van der Waals surface area contributed by atoms with Crippen LogP contribution in [-0.2, 0) is 4.79 Å². The summed E-state index contributed by atoms with van der Waals surface area (Å²) in [6.07, 6.45) is 1.79. The highest BCUT2D eigenvalue weighted by Crippen LogP contribution is 2.28. The van der Waals surface area contributed by atoms with Crippen molar-refractivity contribution in [3.8, 4) is 0 Å². The molecule has 0 aromatic heterocycles. The number of nitro groups is 1. The van der Waals surface area contributed by atoms with Crippen molar-refractivity contribution in [2.75, 3.05) is 5.73 Å². The van der Waals surface area contributed by atoms with Crippen LogP contribution < -0.4 is 11.1 Å². The topological polar surface area (TPSA) is 136 Å². The summed E-state index contributed by atoms with van der Waals surface area (Å²) in [6, 6.07) is 3.48. The van der Waals surface area contributed by atoms with E-state index < -0.39 is 28.8 Å². The Balaban J connectivity index is 2.19. The first-order valence-electron chi connectivity index (χ1n) is 6.48. The Morgan fingerprint density at radius 2 is 2.10 bits per heavy atom. The molecule has 8 nitrogen and oxygen atoms in total. The number of hydrogen-bond acceptors (Lipinski definition) is 5. The number of rotatable bonds is 4. The van der Waals surface area contributed by atoms with Crippen molar-refractivity contribution < 1.29 is 19.6 Å². The zero-order chi connectivity index (χ0) is 15.6. The molecule has 21 heavy (non-hydrogen) atoms. The van der Waals surface area contributed by atoms with Crippen LogP contribution in [0.4, 0.5) is 11.4 Å². The number of nitro benzene ring substituents is 1. The number of nitrogens with two attached hydrogens (primary N) is 1. The Kier molecular flexibility index (Phi) is 4.06. The molecule has 1 saturated carbocycles. The number of carboxylic acids is 1. The number of anilines is 1. The van der Waals surface area contributed by atoms with E-state index in [0.29, 0.717) is 19.3 Å². The third kappa shape index (κ3) is 2.93. The van der Waals surface area contributed by atoms with Crippen LogP contribution in [0.25, 0.3) is 0 Å². The minimum Gasteiger partial charge on any atom is -0.481 e. The first kappa shape index (κ1) is 14.8. The fourth-order valence-corrected chi connectivity index (χ4v) is 2.58. The van der Waals surface area contributed by atoms with Gasteiger partial charge in [0.15, 0.2) is 0 Å². The summed E-state index contributed by atoms with van der Waals surface area (Å²) < 4.78 is 0. The van der Waals surface area contributed by atoms with Crippen LogP contribution in [0.2, 0.25) is 0 Å². The van der Waals surface area contributed by atoms with Gasteiger partial charge < -0.3 is 16.2 Å². The van der Waals surface area contributed by atoms with Crippen molar-refractivity contribution in [3.63, 3.8) is 0 Å². The number of benzene rings is 1. The van der Waals surface area contributed by atoms with Gasteiger partial charge in [0.05, 0.1) is 16.4 Å². The van der Waals surface area contributed by atoms with Crippen LogP contribution in [0, 0.1) is 16.0 Å². The van der Waals surface area contributed by atoms with Crippen LogP contribution >= 0.6 is 0 Å². The number of para-hydroxylation sites is 1. The molecule has 0 spiro atoms. The molecular formula is C13H15N3O5. The van der Waals surface area contributed by atoms with Crippen LogP contribution in [0.5, 0.6) is 0 Å². The number of carboxylic acid groups (broad SMARTS) is 1. The SMILES string of the molecule is Nc1c(C(=O)N[C@@H]2CCC[C@@H]2C(=O)O)cccc1[N+](=O)[O-]. The van der Waals surface area contributed by atoms with Crippen LogP contribution in [0.1, 0.15) is 29.6 Å². The molecule has 0 radical (unpaired) electrons. The molecule has 1 amide bonds. The van der Waals surface area contributed by atoms with Gasteiger partial charge in [-0.3, -0.25) is 19.7 Å². The first-order chi connectivity index (χ1) is 9.91. The highest BCUT2D eigenvalue weighted by atomic mass is 16.6. The van der Waals surface area contributed by atoms with Gasteiger partial charge in [0.1, 0.15) is 5.69 Å². The molecule has 4 N–H and O–H groups in total. The molecular weight excluding hydrogens is 278 g/mol. The van der Waals surface area contributed by atoms with E-state index in [0.717, 1.165) is 0 Å². The Labute approximate surface area is 120 Å². The molecule has 8 heteroatoms. The van der Waals surface area contributed by atoms with Crippen molar-refractivity contribution in [2.24, 2.45) is 5.92 Å². The molecule has 0 heterocycles. The molecule has 1 aliphatic rings. The lowest BCUT2D eigenvalue weighted by Crippen LogP contribution is -2.40. The Hall–Kier alpha value is -2.64. The van der Waals surface area contributed by atoms with E-state index in [-0.39, 0.29) is 16.9 Å². The third-order valence-electron chi connectivity index (χ3n) is 3.67. The maximum Gasteiger partial charge on any atom is 0.308 e. The standard InChI is InChI=1S/C13H15N3O5/c14-11-8(4-2-6-10(11)16(20)21)12(17)15-9-5-1-3-7(9)13(18)19/h2,4,6-7,9H,1,3,5,14H2,(H,15,17)(H,18,19)/t7-,9+/m0/s1. The molecule has 2 atom stereocenters. The number of aliphatic carboxylic acids is 1. The molecule has 2 rings (SSSR count). The van der Waals surface area contributed by atoms with Crippen molar-refractivity contribution in [2.45, 2.75) is 25.3 Å². The average Bonchev–Trinajstić information content (AvgIpc) is 2.86. The Morgan fingerprint density at radius 3 is 2.71 bits per heavy atom. The number of carbonyl (C=O) groups excluding carboxylic acids is 1. The van der Waals surface area contributed by atoms with E-state index in [1.165, 1.54) is 18.2 Å². The summed E-state index contributed by atoms with van der Waals surface area (Å²) in [5.74, 6) is -2.17. The van der Waals surface area contributed by atoms with E-state index >= 15 is 0 Å². The van der Waals surface area contributed by atoms with Crippen LogP contribution in [-0.4, -0.2) is 27.9 Å². The predicted octanol–water partition coefficient (Wildman–Crippen LogP) is 1.16. The predicted molar refractivity (Wildman–Crippen MR) is 73.7 cm³/mol. The zero-order valence-electron chi connectivity index (χ0n) is 11.1. The molecule has 1 aromatic rings. The molecule has 0 aliphatic heterocycles. The quantitative estimate of drug-likeness (QED) is 0.433. The van der Waals surface area contributed by atoms with Gasteiger partial charge in [-0.25, -0.2) is 0 Å². The minimum atomic E-state index is -0.954. The maximum atomic E-state index is 12.2. The van der Waals surface area contributed by atoms with E-state index in [1.807, 2.05) is 0 Å². The van der Waals surface area contributed by atoms with Gasteiger partial charge in [-0.15, -0.1) is 0 Å². The van der Waals surface area contributed by atoms with E-state index in [4.69, 9.17) is 10.8 Å². The smallest absolute Gasteiger partial charge is 0.308 e. The monoisotopic (exact) mass is 293 g/mol. The number of nitrogen functional groups attached to an aromatic ring is 1. The lowest BCUT2D eigenvalue weighted by Gasteiger charge is -2.18. The highest BCUT2D eigenvalue weighted by molar-refractivity contribution is 6.01. The third-order valence-corrected chi connectivity index (χ3v) is 3.67. The summed E-state index contributed by atoms with van der Waals surface area (Å²) in [5.41, 5.74) is 5.06. The summed E-state index contributed by atoms with van der Waals surface area (Å²) in [5, 5.41) is 22.5. The fraction of sp³-hybridized carbons (Fsp3) is 0.385. The number of nitrogens with one attached hydrogen (secondary N) is 1. The van der Waals surface area contributed by atoms with Gasteiger partial charge in [0, 0.05) is 12.1 Å². The largest absolute Gasteiger partial charge is 0.481 e. The van der Waals surface area contributed by atoms with Gasteiger partial charge in [-0.05, 0) is 18.9 Å². The Morgan fingerprint density at radius 1 is 1.38 bits per heavy atom. The first-order valence-corrected chi connectivity index (χ1v) is 6.48. The highest BCUT2D eigenvalue weighted by Gasteiger charge is 2.34. The molecule has 1 aliphatic carbocycles. The summed E-state index contributed by atoms with van der Waals surface area (Å²) in [7, 11) is 0. The molecule has 1 aromatic carbocycles. The van der Waals surface area contributed by atoms with Gasteiger partial charge in [-0.1, -0.05) is 12.5 Å². The molecule has 0 saturated heterocycles. The summed E-state index contributed by atoms with van der Waals surface area (Å²) in [6.45, 7) is 0. The minimum absolute atomic E-state index is 0.0137. The number of amides is 1. The van der Waals surface area contributed by atoms with Crippen molar-refractivity contribution in [1.82, 2.24) is 5.32 Å². The second kappa shape index (κ2) is 5.78. The molecule has 0 unspecified atom stereocenters. The second-order valence-electron chi connectivity index (χ2n) is 4.95. The summed E-state index contributed by atoms with van der Waals surface area (Å²) >= 11 is 0. The molecule has 0 bridgehead atoms. The van der Waals surface area contributed by atoms with E-state index in [1.54, 1.807) is 0 Å². The number of nitrogens with zero attached hydrogens (tertiary/aromatic N) is 1. The van der Waals surface area contributed by atoms with E-state index in [9.17, 15) is 19.7 Å². The Bertz CT molecular complexity index is 601. The van der Waals surface area contributed by atoms with Gasteiger partial charge >= 0.3 is 5.97 Å². The van der Waals surface area contributed by atoms with Crippen molar-refractivity contribution in [3.05, 3.63) is 33.9 Å². The van der Waals surface area contributed by atoms with Gasteiger partial charge in [-0.2, -0.15) is 0 Å². The zero-order valence-corrected chi connectivity index (χ0v) is 11.1. The van der Waals surface area contributed by atoms with Crippen molar-refractivity contribution in [1.29, 1.82) is 0 Å². The number of carbonyl (C=O) groups is 2. The lowest BCUT2D eigenvalue weighted by atomic mass is 10.0. The maximum absolute atomic E-state index is 12.2. The van der Waals surface area contributed by atoms with Crippen molar-refractivity contribution >= 4 is 23.3 Å². The average molecular weight is 293 g/mol. The second-order valence-corrected chi connectivity index (χ2v) is 4.95. The molecule has 112 valence electrons.